The molecule has 0 spiro atoms. The molecule has 168 valence electrons. The Morgan fingerprint density at radius 2 is 1.88 bits per heavy atom. The van der Waals surface area contributed by atoms with Crippen LogP contribution in [-0.2, 0) is 16.1 Å². The average molecular weight is 457 g/mol. The SMILES string of the molecule is CCCCn1c(SCC(=O)N(C)CC(=O)Nc2ccc(F)cc2)nc2ccccc2c1=O. The molecule has 0 aliphatic rings. The Kier molecular flexibility index (Phi) is 7.99. The molecule has 2 aromatic carbocycles. The van der Waals surface area contributed by atoms with Gasteiger partial charge in [0.15, 0.2) is 5.16 Å². The lowest BCUT2D eigenvalue weighted by atomic mass is 10.2. The third-order valence-corrected chi connectivity index (χ3v) is 5.78. The van der Waals surface area contributed by atoms with Gasteiger partial charge in [-0.05, 0) is 42.8 Å². The Morgan fingerprint density at radius 3 is 2.59 bits per heavy atom. The highest BCUT2D eigenvalue weighted by molar-refractivity contribution is 7.99. The monoisotopic (exact) mass is 456 g/mol. The summed E-state index contributed by atoms with van der Waals surface area (Å²) < 4.78 is 14.6. The van der Waals surface area contributed by atoms with Gasteiger partial charge in [-0.1, -0.05) is 37.2 Å². The number of anilines is 1. The second kappa shape index (κ2) is 10.9. The zero-order chi connectivity index (χ0) is 23.1. The number of rotatable bonds is 9. The minimum absolute atomic E-state index is 0.0389. The van der Waals surface area contributed by atoms with E-state index in [9.17, 15) is 18.8 Å². The molecule has 1 aromatic heterocycles. The number of benzene rings is 2. The van der Waals surface area contributed by atoms with Gasteiger partial charge in [-0.2, -0.15) is 0 Å². The topological polar surface area (TPSA) is 84.3 Å². The molecular weight excluding hydrogens is 431 g/mol. The van der Waals surface area contributed by atoms with E-state index in [0.29, 0.717) is 28.3 Å². The van der Waals surface area contributed by atoms with Crippen molar-refractivity contribution in [1.82, 2.24) is 14.5 Å². The van der Waals surface area contributed by atoms with Gasteiger partial charge in [0.2, 0.25) is 11.8 Å². The highest BCUT2D eigenvalue weighted by Gasteiger charge is 2.17. The number of thioether (sulfide) groups is 1. The average Bonchev–Trinajstić information content (AvgIpc) is 2.78. The first-order valence-corrected chi connectivity index (χ1v) is 11.3. The third-order valence-electron chi connectivity index (χ3n) is 4.82. The van der Waals surface area contributed by atoms with Crippen molar-refractivity contribution in [2.75, 3.05) is 24.7 Å². The van der Waals surface area contributed by atoms with Gasteiger partial charge in [0.1, 0.15) is 5.82 Å². The van der Waals surface area contributed by atoms with E-state index in [1.165, 1.54) is 48.0 Å². The van der Waals surface area contributed by atoms with Crippen LogP contribution in [0.4, 0.5) is 10.1 Å². The summed E-state index contributed by atoms with van der Waals surface area (Å²) in [5.41, 5.74) is 0.921. The van der Waals surface area contributed by atoms with Gasteiger partial charge in [0.05, 0.1) is 23.2 Å². The van der Waals surface area contributed by atoms with Crippen molar-refractivity contribution >= 4 is 40.2 Å². The molecule has 7 nitrogen and oxygen atoms in total. The van der Waals surface area contributed by atoms with Crippen molar-refractivity contribution in [2.45, 2.75) is 31.5 Å². The van der Waals surface area contributed by atoms with E-state index < -0.39 is 5.82 Å². The van der Waals surface area contributed by atoms with Crippen LogP contribution in [0.2, 0.25) is 0 Å². The molecule has 0 aliphatic heterocycles. The van der Waals surface area contributed by atoms with E-state index in [1.807, 2.05) is 13.0 Å². The summed E-state index contributed by atoms with van der Waals surface area (Å²) >= 11 is 1.18. The van der Waals surface area contributed by atoms with Crippen LogP contribution in [0.25, 0.3) is 10.9 Å². The van der Waals surface area contributed by atoms with Crippen molar-refractivity contribution in [2.24, 2.45) is 0 Å². The summed E-state index contributed by atoms with van der Waals surface area (Å²) in [4.78, 5) is 43.6. The summed E-state index contributed by atoms with van der Waals surface area (Å²) in [6.07, 6.45) is 1.75. The summed E-state index contributed by atoms with van der Waals surface area (Å²) in [7, 11) is 1.53. The molecule has 1 N–H and O–H groups in total. The number of carbonyl (C=O) groups is 2. The molecule has 2 amide bonds. The van der Waals surface area contributed by atoms with Crippen LogP contribution in [-0.4, -0.2) is 45.6 Å². The molecule has 0 unspecified atom stereocenters. The van der Waals surface area contributed by atoms with Gasteiger partial charge < -0.3 is 10.2 Å². The van der Waals surface area contributed by atoms with Crippen LogP contribution < -0.4 is 10.9 Å². The maximum atomic E-state index is 13.0. The normalized spacial score (nSPS) is 10.8. The largest absolute Gasteiger partial charge is 0.336 e. The molecule has 0 saturated heterocycles. The number of likely N-dealkylation sites (N-methyl/N-ethyl adjacent to an activating group) is 1. The molecule has 32 heavy (non-hydrogen) atoms. The van der Waals surface area contributed by atoms with Crippen LogP contribution in [0.3, 0.4) is 0 Å². The molecule has 0 aliphatic carbocycles. The van der Waals surface area contributed by atoms with Crippen LogP contribution >= 0.6 is 11.8 Å². The molecule has 0 fully saturated rings. The number of nitrogens with zero attached hydrogens (tertiary/aromatic N) is 3. The van der Waals surface area contributed by atoms with E-state index in [0.717, 1.165) is 12.8 Å². The first-order valence-electron chi connectivity index (χ1n) is 10.3. The molecule has 3 rings (SSSR count). The van der Waals surface area contributed by atoms with Crippen LogP contribution in [0, 0.1) is 5.82 Å². The Hall–Kier alpha value is -3.20. The number of unbranched alkanes of at least 4 members (excludes halogenated alkanes) is 1. The van der Waals surface area contributed by atoms with E-state index >= 15 is 0 Å². The Bertz CT molecular complexity index is 1160. The maximum Gasteiger partial charge on any atom is 0.262 e. The molecule has 0 bridgehead atoms. The molecule has 3 aromatic rings. The van der Waals surface area contributed by atoms with Crippen molar-refractivity contribution < 1.29 is 14.0 Å². The van der Waals surface area contributed by atoms with Gasteiger partial charge >= 0.3 is 0 Å². The highest BCUT2D eigenvalue weighted by Crippen LogP contribution is 2.19. The number of halogens is 1. The van der Waals surface area contributed by atoms with Crippen LogP contribution in [0.15, 0.2) is 58.5 Å². The highest BCUT2D eigenvalue weighted by atomic mass is 32.2. The van der Waals surface area contributed by atoms with Crippen LogP contribution in [0.5, 0.6) is 0 Å². The zero-order valence-corrected chi connectivity index (χ0v) is 18.8. The number of amides is 2. The fraction of sp³-hybridized carbons (Fsp3) is 0.304. The summed E-state index contributed by atoms with van der Waals surface area (Å²) in [5, 5.41) is 3.66. The quantitative estimate of drug-likeness (QED) is 0.393. The van der Waals surface area contributed by atoms with Crippen molar-refractivity contribution in [3.05, 3.63) is 64.7 Å². The second-order valence-electron chi connectivity index (χ2n) is 7.32. The zero-order valence-electron chi connectivity index (χ0n) is 18.0. The van der Waals surface area contributed by atoms with Gasteiger partial charge in [0, 0.05) is 19.3 Å². The molecule has 0 atom stereocenters. The fourth-order valence-corrected chi connectivity index (χ4v) is 4.01. The van der Waals surface area contributed by atoms with Gasteiger partial charge in [-0.3, -0.25) is 19.0 Å². The van der Waals surface area contributed by atoms with Gasteiger partial charge in [-0.15, -0.1) is 0 Å². The van der Waals surface area contributed by atoms with Crippen molar-refractivity contribution in [1.29, 1.82) is 0 Å². The number of hydrogen-bond acceptors (Lipinski definition) is 5. The van der Waals surface area contributed by atoms with E-state index in [2.05, 4.69) is 10.3 Å². The second-order valence-corrected chi connectivity index (χ2v) is 8.26. The number of carbonyl (C=O) groups excluding carboxylic acids is 2. The lowest BCUT2D eigenvalue weighted by Gasteiger charge is -2.17. The first-order chi connectivity index (χ1) is 15.4. The van der Waals surface area contributed by atoms with E-state index in [4.69, 9.17) is 0 Å². The fourth-order valence-electron chi connectivity index (χ4n) is 3.05. The molecular formula is C23H25FN4O3S. The number of para-hydroxylation sites is 1. The minimum Gasteiger partial charge on any atom is -0.336 e. The third kappa shape index (κ3) is 5.94. The van der Waals surface area contributed by atoms with E-state index in [1.54, 1.807) is 22.8 Å². The van der Waals surface area contributed by atoms with Crippen LogP contribution in [0.1, 0.15) is 19.8 Å². The maximum absolute atomic E-state index is 13.0. The lowest BCUT2D eigenvalue weighted by Crippen LogP contribution is -2.36. The number of aromatic nitrogens is 2. The van der Waals surface area contributed by atoms with Gasteiger partial charge in [0.25, 0.3) is 5.56 Å². The molecule has 0 radical (unpaired) electrons. The predicted molar refractivity (Wildman–Crippen MR) is 124 cm³/mol. The molecule has 9 heteroatoms. The Morgan fingerprint density at radius 1 is 1.16 bits per heavy atom. The van der Waals surface area contributed by atoms with Crippen molar-refractivity contribution in [3.8, 4) is 0 Å². The standard InChI is InChI=1S/C23H25FN4O3S/c1-3-4-13-28-22(31)18-7-5-6-8-19(18)26-23(28)32-15-21(30)27(2)14-20(29)25-17-11-9-16(24)10-12-17/h5-12H,3-4,13-15H2,1-2H3,(H,25,29). The number of nitrogens with one attached hydrogen (secondary N) is 1. The summed E-state index contributed by atoms with van der Waals surface area (Å²) in [5.74, 6) is -1.01. The van der Waals surface area contributed by atoms with Crippen molar-refractivity contribution in [3.63, 3.8) is 0 Å². The minimum atomic E-state index is -0.396. The van der Waals surface area contributed by atoms with Gasteiger partial charge in [-0.25, -0.2) is 9.37 Å². The number of fused-ring (bicyclic) bond motifs is 1. The summed E-state index contributed by atoms with van der Waals surface area (Å²) in [6, 6.07) is 12.5. The van der Waals surface area contributed by atoms with E-state index in [-0.39, 0.29) is 29.7 Å². The summed E-state index contributed by atoms with van der Waals surface area (Å²) in [6.45, 7) is 2.42. The first kappa shape index (κ1) is 23.5. The Balaban J connectivity index is 1.65. The molecule has 0 saturated carbocycles. The lowest BCUT2D eigenvalue weighted by molar-refractivity contribution is -0.131. The predicted octanol–water partition coefficient (Wildman–Crippen LogP) is 3.52. The smallest absolute Gasteiger partial charge is 0.262 e. The molecule has 1 heterocycles. The number of hydrogen-bond donors (Lipinski definition) is 1. The Labute approximate surface area is 189 Å².